The van der Waals surface area contributed by atoms with Crippen molar-refractivity contribution < 1.29 is 13.9 Å². The van der Waals surface area contributed by atoms with Crippen LogP contribution in [0.2, 0.25) is 0 Å². The molecule has 4 rings (SSSR count). The van der Waals surface area contributed by atoms with Gasteiger partial charge in [-0.3, -0.25) is 15.0 Å². The van der Waals surface area contributed by atoms with Gasteiger partial charge in [-0.05, 0) is 37.7 Å². The lowest BCUT2D eigenvalue weighted by molar-refractivity contribution is 0.254. The van der Waals surface area contributed by atoms with Gasteiger partial charge in [0.05, 0.1) is 16.9 Å². The number of halogens is 1. The van der Waals surface area contributed by atoms with Crippen molar-refractivity contribution in [1.82, 2.24) is 30.0 Å². The first-order valence-electron chi connectivity index (χ1n) is 9.42. The molecule has 31 heavy (non-hydrogen) atoms. The maximum absolute atomic E-state index is 15.0. The zero-order valence-corrected chi connectivity index (χ0v) is 16.9. The lowest BCUT2D eigenvalue weighted by Gasteiger charge is -2.09. The number of allylic oxidation sites excluding steroid dienone is 1. The second-order valence-corrected chi connectivity index (χ2v) is 6.85. The SMILES string of the molecule is C=C(C)c1cc(NC(=O)n2ccc3c(F)c(Oc4cc(CNC)ncn4)ccc32)n[nH]1. The molecule has 1 amide bonds. The lowest BCUT2D eigenvalue weighted by atomic mass is 10.2. The standard InChI is InChI=1S/C21H20FN7O2/c1-12(2)15-9-18(28-27-15)26-21(30)29-7-6-14-16(29)4-5-17(20(14)22)31-19-8-13(10-23-3)24-11-25-19/h4-9,11,23H,1,10H2,2-3H3,(H2,26,27,28,30). The van der Waals surface area contributed by atoms with E-state index in [0.29, 0.717) is 29.3 Å². The van der Waals surface area contributed by atoms with Crippen LogP contribution in [0.3, 0.4) is 0 Å². The number of rotatable bonds is 6. The summed E-state index contributed by atoms with van der Waals surface area (Å²) in [7, 11) is 1.79. The number of H-pyrrole nitrogens is 1. The minimum Gasteiger partial charge on any atom is -0.436 e. The van der Waals surface area contributed by atoms with Crippen molar-refractivity contribution >= 4 is 28.3 Å². The molecule has 0 atom stereocenters. The number of ether oxygens (including phenoxy) is 1. The largest absolute Gasteiger partial charge is 0.436 e. The average Bonchev–Trinajstić information content (AvgIpc) is 3.38. The number of nitrogens with one attached hydrogen (secondary N) is 3. The summed E-state index contributed by atoms with van der Waals surface area (Å²) in [5, 5.41) is 12.7. The molecule has 10 heteroatoms. The first kappa shape index (κ1) is 20.2. The predicted octanol–water partition coefficient (Wildman–Crippen LogP) is 3.92. The lowest BCUT2D eigenvalue weighted by Crippen LogP contribution is -2.18. The van der Waals surface area contributed by atoms with Crippen LogP contribution >= 0.6 is 0 Å². The summed E-state index contributed by atoms with van der Waals surface area (Å²) in [6, 6.07) is 7.38. The number of carbonyl (C=O) groups is 1. The summed E-state index contributed by atoms with van der Waals surface area (Å²) in [6.07, 6.45) is 2.84. The number of nitrogens with zero attached hydrogens (tertiary/aromatic N) is 4. The molecule has 0 fully saturated rings. The van der Waals surface area contributed by atoms with Crippen molar-refractivity contribution in [3.8, 4) is 11.6 Å². The highest BCUT2D eigenvalue weighted by Gasteiger charge is 2.17. The molecule has 0 radical (unpaired) electrons. The maximum atomic E-state index is 15.0. The number of anilines is 1. The van der Waals surface area contributed by atoms with Gasteiger partial charge in [0.15, 0.2) is 17.4 Å². The summed E-state index contributed by atoms with van der Waals surface area (Å²) in [4.78, 5) is 20.8. The molecule has 158 valence electrons. The molecular formula is C21H20FN7O2. The highest BCUT2D eigenvalue weighted by atomic mass is 19.1. The molecule has 0 bridgehead atoms. The van der Waals surface area contributed by atoms with Crippen LogP contribution < -0.4 is 15.4 Å². The molecule has 0 saturated carbocycles. The van der Waals surface area contributed by atoms with Crippen LogP contribution in [-0.4, -0.2) is 37.8 Å². The molecule has 0 aliphatic carbocycles. The van der Waals surface area contributed by atoms with Crippen molar-refractivity contribution in [2.45, 2.75) is 13.5 Å². The van der Waals surface area contributed by atoms with Crippen molar-refractivity contribution in [3.05, 3.63) is 66.6 Å². The third-order valence-electron chi connectivity index (χ3n) is 4.53. The van der Waals surface area contributed by atoms with Crippen LogP contribution in [-0.2, 0) is 6.54 Å². The monoisotopic (exact) mass is 421 g/mol. The first-order chi connectivity index (χ1) is 15.0. The fourth-order valence-corrected chi connectivity index (χ4v) is 3.01. The van der Waals surface area contributed by atoms with E-state index in [1.807, 2.05) is 6.92 Å². The number of hydrogen-bond acceptors (Lipinski definition) is 6. The number of aromatic nitrogens is 5. The first-order valence-corrected chi connectivity index (χ1v) is 9.42. The normalized spacial score (nSPS) is 10.9. The van der Waals surface area contributed by atoms with Gasteiger partial charge in [-0.1, -0.05) is 6.58 Å². The Hall–Kier alpha value is -4.05. The average molecular weight is 421 g/mol. The Labute approximate surface area is 177 Å². The zero-order chi connectivity index (χ0) is 22.0. The molecule has 0 saturated heterocycles. The molecule has 0 spiro atoms. The third kappa shape index (κ3) is 4.14. The van der Waals surface area contributed by atoms with Gasteiger partial charge < -0.3 is 10.1 Å². The third-order valence-corrected chi connectivity index (χ3v) is 4.53. The van der Waals surface area contributed by atoms with E-state index in [2.05, 4.69) is 37.4 Å². The summed E-state index contributed by atoms with van der Waals surface area (Å²) in [5.74, 6) is -0.0331. The van der Waals surface area contributed by atoms with Gasteiger partial charge in [0.1, 0.15) is 6.33 Å². The summed E-state index contributed by atoms with van der Waals surface area (Å²) < 4.78 is 22.0. The van der Waals surface area contributed by atoms with Crippen molar-refractivity contribution in [3.63, 3.8) is 0 Å². The van der Waals surface area contributed by atoms with Crippen molar-refractivity contribution in [2.24, 2.45) is 0 Å². The number of aromatic amines is 1. The minimum atomic E-state index is -0.595. The Kier molecular flexibility index (Phi) is 5.46. The van der Waals surface area contributed by atoms with E-state index < -0.39 is 11.8 Å². The van der Waals surface area contributed by atoms with Gasteiger partial charge >= 0.3 is 6.03 Å². The van der Waals surface area contributed by atoms with Crippen LogP contribution in [0.5, 0.6) is 11.6 Å². The van der Waals surface area contributed by atoms with E-state index in [4.69, 9.17) is 4.74 Å². The second-order valence-electron chi connectivity index (χ2n) is 6.85. The fraction of sp³-hybridized carbons (Fsp3) is 0.143. The molecule has 0 aliphatic heterocycles. The highest BCUT2D eigenvalue weighted by molar-refractivity contribution is 5.98. The van der Waals surface area contributed by atoms with E-state index >= 15 is 4.39 Å². The molecule has 3 aromatic heterocycles. The summed E-state index contributed by atoms with van der Waals surface area (Å²) >= 11 is 0. The van der Waals surface area contributed by atoms with Crippen LogP contribution in [0, 0.1) is 5.82 Å². The highest BCUT2D eigenvalue weighted by Crippen LogP contribution is 2.30. The molecule has 3 N–H and O–H groups in total. The molecule has 3 heterocycles. The topological polar surface area (TPSA) is 110 Å². The van der Waals surface area contributed by atoms with Gasteiger partial charge in [0, 0.05) is 30.3 Å². The number of carbonyl (C=O) groups excluding carboxylic acids is 1. The fourth-order valence-electron chi connectivity index (χ4n) is 3.01. The quantitative estimate of drug-likeness (QED) is 0.435. The number of benzene rings is 1. The number of amides is 1. The van der Waals surface area contributed by atoms with E-state index in [1.54, 1.807) is 25.2 Å². The molecule has 0 unspecified atom stereocenters. The number of fused-ring (bicyclic) bond motifs is 1. The Bertz CT molecular complexity index is 1280. The molecule has 9 nitrogen and oxygen atoms in total. The summed E-state index contributed by atoms with van der Waals surface area (Å²) in [6.45, 7) is 6.17. The Morgan fingerprint density at radius 2 is 2.13 bits per heavy atom. The Balaban J connectivity index is 1.58. The van der Waals surface area contributed by atoms with Gasteiger partial charge in [-0.25, -0.2) is 19.2 Å². The van der Waals surface area contributed by atoms with Crippen LogP contribution in [0.15, 0.2) is 49.4 Å². The van der Waals surface area contributed by atoms with Gasteiger partial charge in [-0.2, -0.15) is 5.10 Å². The molecule has 0 aliphatic rings. The Morgan fingerprint density at radius 3 is 2.87 bits per heavy atom. The molecule has 4 aromatic rings. The smallest absolute Gasteiger partial charge is 0.331 e. The summed E-state index contributed by atoms with van der Waals surface area (Å²) in [5.41, 5.74) is 2.60. The van der Waals surface area contributed by atoms with Crippen molar-refractivity contribution in [2.75, 3.05) is 12.4 Å². The van der Waals surface area contributed by atoms with Crippen LogP contribution in [0.4, 0.5) is 15.0 Å². The zero-order valence-electron chi connectivity index (χ0n) is 16.9. The van der Waals surface area contributed by atoms with Crippen LogP contribution in [0.1, 0.15) is 18.3 Å². The van der Waals surface area contributed by atoms with Crippen molar-refractivity contribution in [1.29, 1.82) is 0 Å². The van der Waals surface area contributed by atoms with E-state index in [9.17, 15) is 4.79 Å². The minimum absolute atomic E-state index is 0.00170. The van der Waals surface area contributed by atoms with Crippen LogP contribution in [0.25, 0.3) is 16.5 Å². The number of hydrogen-bond donors (Lipinski definition) is 3. The molecule has 1 aromatic carbocycles. The Morgan fingerprint density at radius 1 is 1.29 bits per heavy atom. The predicted molar refractivity (Wildman–Crippen MR) is 114 cm³/mol. The van der Waals surface area contributed by atoms with Gasteiger partial charge in [0.2, 0.25) is 5.88 Å². The van der Waals surface area contributed by atoms with E-state index in [0.717, 1.165) is 5.57 Å². The molecular weight excluding hydrogens is 401 g/mol. The van der Waals surface area contributed by atoms with Gasteiger partial charge in [-0.15, -0.1) is 0 Å². The van der Waals surface area contributed by atoms with E-state index in [1.165, 1.54) is 29.2 Å². The maximum Gasteiger partial charge on any atom is 0.331 e. The van der Waals surface area contributed by atoms with E-state index in [-0.39, 0.29) is 17.0 Å². The second kappa shape index (κ2) is 8.36. The van der Waals surface area contributed by atoms with Gasteiger partial charge in [0.25, 0.3) is 0 Å².